The van der Waals surface area contributed by atoms with E-state index in [2.05, 4.69) is 0 Å². The molecule has 0 amide bonds. The quantitative estimate of drug-likeness (QED) is 0.455. The van der Waals surface area contributed by atoms with Crippen LogP contribution in [-0.4, -0.2) is 12.5 Å². The standard InChI is InChI=1S/C7H9BF2/c1-6-4-3-5-8(2)7(6,9)10/h3-5H,1-2H3. The van der Waals surface area contributed by atoms with E-state index < -0.39 is 12.5 Å². The topological polar surface area (TPSA) is 0 Å². The first kappa shape index (κ1) is 7.51. The van der Waals surface area contributed by atoms with E-state index in [1.807, 2.05) is 0 Å². The van der Waals surface area contributed by atoms with Crippen molar-refractivity contribution in [3.8, 4) is 0 Å². The molecule has 0 aromatic carbocycles. The van der Waals surface area contributed by atoms with Crippen molar-refractivity contribution in [1.29, 1.82) is 0 Å². The van der Waals surface area contributed by atoms with Crippen LogP contribution < -0.4 is 0 Å². The lowest BCUT2D eigenvalue weighted by atomic mass is 9.44. The molecular formula is C7H9BF2. The van der Waals surface area contributed by atoms with Crippen molar-refractivity contribution in [2.75, 3.05) is 0 Å². The van der Waals surface area contributed by atoms with Gasteiger partial charge in [-0.25, -0.2) is 8.78 Å². The minimum Gasteiger partial charge on any atom is -0.212 e. The minimum atomic E-state index is -2.63. The maximum atomic E-state index is 12.9. The van der Waals surface area contributed by atoms with E-state index >= 15 is 0 Å². The first-order valence-electron chi connectivity index (χ1n) is 3.28. The van der Waals surface area contributed by atoms with Crippen LogP contribution in [0.5, 0.6) is 0 Å². The van der Waals surface area contributed by atoms with Crippen LogP contribution in [-0.2, 0) is 0 Å². The van der Waals surface area contributed by atoms with Crippen LogP contribution in [0.3, 0.4) is 0 Å². The summed E-state index contributed by atoms with van der Waals surface area (Å²) in [7, 11) is 0. The molecule has 1 heterocycles. The van der Waals surface area contributed by atoms with Gasteiger partial charge in [0, 0.05) is 0 Å². The average Bonchev–Trinajstić information content (AvgIpc) is 1.84. The fourth-order valence-electron chi connectivity index (χ4n) is 0.958. The lowest BCUT2D eigenvalue weighted by molar-refractivity contribution is 0.129. The molecule has 1 aliphatic heterocycles. The molecule has 0 saturated heterocycles. The fourth-order valence-corrected chi connectivity index (χ4v) is 0.958. The second-order valence-electron chi connectivity index (χ2n) is 2.65. The molecule has 3 heteroatoms. The van der Waals surface area contributed by atoms with E-state index in [0.29, 0.717) is 0 Å². The highest BCUT2D eigenvalue weighted by molar-refractivity contribution is 6.66. The Labute approximate surface area is 59.7 Å². The first-order valence-corrected chi connectivity index (χ1v) is 3.28. The number of hydrogen-bond donors (Lipinski definition) is 0. The third-order valence-electron chi connectivity index (χ3n) is 1.84. The molecule has 10 heavy (non-hydrogen) atoms. The van der Waals surface area contributed by atoms with E-state index in [1.165, 1.54) is 25.8 Å². The van der Waals surface area contributed by atoms with Gasteiger partial charge in [-0.15, -0.1) is 5.98 Å². The van der Waals surface area contributed by atoms with E-state index in [-0.39, 0.29) is 5.57 Å². The summed E-state index contributed by atoms with van der Waals surface area (Å²) in [6.45, 7) is 2.32. The maximum Gasteiger partial charge on any atom is 0.256 e. The zero-order chi connectivity index (χ0) is 7.78. The van der Waals surface area contributed by atoms with Crippen molar-refractivity contribution in [2.24, 2.45) is 0 Å². The Balaban J connectivity index is 2.93. The van der Waals surface area contributed by atoms with Crippen molar-refractivity contribution in [1.82, 2.24) is 0 Å². The van der Waals surface area contributed by atoms with E-state index in [4.69, 9.17) is 0 Å². The number of hydrogen-bond acceptors (Lipinski definition) is 0. The summed E-state index contributed by atoms with van der Waals surface area (Å²) >= 11 is 0. The summed E-state index contributed by atoms with van der Waals surface area (Å²) < 4.78 is 25.7. The Bertz CT molecular complexity index is 194. The van der Waals surface area contributed by atoms with Crippen LogP contribution in [0.2, 0.25) is 6.82 Å². The van der Waals surface area contributed by atoms with Gasteiger partial charge in [-0.2, -0.15) is 0 Å². The van der Waals surface area contributed by atoms with E-state index in [0.717, 1.165) is 0 Å². The van der Waals surface area contributed by atoms with Gasteiger partial charge in [0.05, 0.1) is 0 Å². The molecule has 0 aromatic heterocycles. The van der Waals surface area contributed by atoms with E-state index in [1.54, 1.807) is 6.08 Å². The van der Waals surface area contributed by atoms with Gasteiger partial charge in [-0.1, -0.05) is 19.0 Å². The summed E-state index contributed by atoms with van der Waals surface area (Å²) in [4.78, 5) is 0. The molecule has 1 aliphatic rings. The maximum absolute atomic E-state index is 12.9. The SMILES string of the molecule is CB1C=CC=C(C)C1(F)F. The number of alkyl halides is 2. The Morgan fingerprint density at radius 2 is 2.10 bits per heavy atom. The predicted molar refractivity (Wildman–Crippen MR) is 39.5 cm³/mol. The van der Waals surface area contributed by atoms with Gasteiger partial charge in [0.25, 0.3) is 6.71 Å². The highest BCUT2D eigenvalue weighted by Gasteiger charge is 2.40. The van der Waals surface area contributed by atoms with Crippen molar-refractivity contribution < 1.29 is 8.78 Å². The summed E-state index contributed by atoms with van der Waals surface area (Å²) in [5.74, 6) is -1.11. The monoisotopic (exact) mass is 142 g/mol. The fraction of sp³-hybridized carbons (Fsp3) is 0.429. The van der Waals surface area contributed by atoms with E-state index in [9.17, 15) is 8.78 Å². The predicted octanol–water partition coefficient (Wildman–Crippen LogP) is 2.34. The van der Waals surface area contributed by atoms with Gasteiger partial charge in [-0.05, 0) is 12.5 Å². The Morgan fingerprint density at radius 1 is 1.50 bits per heavy atom. The normalized spacial score (nSPS) is 22.8. The lowest BCUT2D eigenvalue weighted by Crippen LogP contribution is -2.36. The van der Waals surface area contributed by atoms with Gasteiger partial charge in [0.2, 0.25) is 5.82 Å². The highest BCUT2D eigenvalue weighted by Crippen LogP contribution is 2.29. The highest BCUT2D eigenvalue weighted by atomic mass is 19.3. The summed E-state index contributed by atoms with van der Waals surface area (Å²) in [6.07, 6.45) is 3.14. The van der Waals surface area contributed by atoms with Crippen molar-refractivity contribution in [2.45, 2.75) is 19.6 Å². The van der Waals surface area contributed by atoms with Gasteiger partial charge in [0.1, 0.15) is 0 Å². The van der Waals surface area contributed by atoms with Crippen LogP contribution in [0.25, 0.3) is 0 Å². The van der Waals surface area contributed by atoms with Crippen molar-refractivity contribution in [3.63, 3.8) is 0 Å². The average molecular weight is 142 g/mol. The Kier molecular flexibility index (Phi) is 1.67. The van der Waals surface area contributed by atoms with Gasteiger partial charge >= 0.3 is 0 Å². The zero-order valence-corrected chi connectivity index (χ0v) is 6.07. The van der Waals surface area contributed by atoms with Gasteiger partial charge in [-0.3, -0.25) is 0 Å². The van der Waals surface area contributed by atoms with Crippen LogP contribution in [0.15, 0.2) is 23.7 Å². The van der Waals surface area contributed by atoms with Crippen LogP contribution >= 0.6 is 0 Å². The lowest BCUT2D eigenvalue weighted by Gasteiger charge is -2.22. The molecule has 0 atom stereocenters. The number of rotatable bonds is 0. The second-order valence-corrected chi connectivity index (χ2v) is 2.65. The third kappa shape index (κ3) is 1.00. The Morgan fingerprint density at radius 3 is 2.50 bits per heavy atom. The summed E-state index contributed by atoms with van der Waals surface area (Å²) in [5.41, 5.74) is 0.155. The largest absolute Gasteiger partial charge is 0.256 e. The van der Waals surface area contributed by atoms with Crippen molar-refractivity contribution in [3.05, 3.63) is 23.7 Å². The third-order valence-corrected chi connectivity index (χ3v) is 1.84. The molecular weight excluding hydrogens is 133 g/mol. The second kappa shape index (κ2) is 2.22. The molecule has 54 valence electrons. The minimum absolute atomic E-state index is 0.155. The number of halogens is 2. The smallest absolute Gasteiger partial charge is 0.212 e. The molecule has 0 fully saturated rings. The molecule has 0 nitrogen and oxygen atoms in total. The summed E-state index contributed by atoms with van der Waals surface area (Å²) in [5, 5.41) is 0. The first-order chi connectivity index (χ1) is 4.55. The van der Waals surface area contributed by atoms with Crippen LogP contribution in [0.4, 0.5) is 8.78 Å². The summed E-state index contributed by atoms with van der Waals surface area (Å²) in [6, 6.07) is 0. The molecule has 0 aliphatic carbocycles. The van der Waals surface area contributed by atoms with Crippen LogP contribution in [0.1, 0.15) is 6.92 Å². The van der Waals surface area contributed by atoms with Crippen LogP contribution in [0, 0.1) is 0 Å². The van der Waals surface area contributed by atoms with Gasteiger partial charge in [0.15, 0.2) is 0 Å². The molecule has 0 N–H and O–H groups in total. The number of allylic oxidation sites excluding steroid dienone is 3. The molecule has 0 spiro atoms. The molecule has 0 radical (unpaired) electrons. The molecule has 0 saturated carbocycles. The molecule has 0 aromatic rings. The molecule has 1 rings (SSSR count). The zero-order valence-electron chi connectivity index (χ0n) is 6.07. The van der Waals surface area contributed by atoms with Crippen molar-refractivity contribution >= 4 is 6.71 Å². The molecule has 0 bridgehead atoms. The Hall–Kier alpha value is -0.595. The van der Waals surface area contributed by atoms with Gasteiger partial charge < -0.3 is 0 Å². The molecule has 0 unspecified atom stereocenters.